The summed E-state index contributed by atoms with van der Waals surface area (Å²) in [5.74, 6) is 1.54. The maximum atomic E-state index is 11.9. The van der Waals surface area contributed by atoms with Crippen LogP contribution in [0.3, 0.4) is 0 Å². The van der Waals surface area contributed by atoms with Gasteiger partial charge in [-0.15, -0.1) is 0 Å². The molecule has 0 bridgehead atoms. The molecular weight excluding hydrogens is 272 g/mol. The van der Waals surface area contributed by atoms with Crippen molar-refractivity contribution in [2.45, 2.75) is 66.2 Å². The van der Waals surface area contributed by atoms with Crippen LogP contribution in [0.1, 0.15) is 66.2 Å². The van der Waals surface area contributed by atoms with Crippen molar-refractivity contribution in [2.75, 3.05) is 0 Å². The van der Waals surface area contributed by atoms with E-state index in [0.717, 1.165) is 25.7 Å². The van der Waals surface area contributed by atoms with E-state index in [1.54, 1.807) is 16.7 Å². The van der Waals surface area contributed by atoms with Gasteiger partial charge in [0.2, 0.25) is 0 Å². The Kier molecular flexibility index (Phi) is 3.99. The molecular formula is C20H30O2. The van der Waals surface area contributed by atoms with Crippen LogP contribution in [0.4, 0.5) is 0 Å². The molecule has 0 radical (unpaired) electrons. The smallest absolute Gasteiger partial charge is 0.309 e. The normalized spacial score (nSPS) is 38.4. The summed E-state index contributed by atoms with van der Waals surface area (Å²) in [6.45, 7) is 8.92. The van der Waals surface area contributed by atoms with E-state index < -0.39 is 11.4 Å². The van der Waals surface area contributed by atoms with Crippen LogP contribution in [-0.4, -0.2) is 11.1 Å². The molecule has 1 N–H and O–H groups in total. The number of rotatable bonds is 2. The summed E-state index contributed by atoms with van der Waals surface area (Å²) in [6.07, 6.45) is 8.85. The van der Waals surface area contributed by atoms with Gasteiger partial charge in [-0.05, 0) is 74.7 Å². The molecule has 0 amide bonds. The fourth-order valence-corrected chi connectivity index (χ4v) is 5.24. The van der Waals surface area contributed by atoms with Gasteiger partial charge in [-0.25, -0.2) is 0 Å². The number of carbonyl (C=O) groups is 1. The SMILES string of the molecule is CC(C)C1=CC2=C(CC1)C1C(CC2)[C@](C)(C(=O)O)CC[C@H]1C. The second-order valence-electron chi connectivity index (χ2n) is 8.33. The molecule has 122 valence electrons. The Morgan fingerprint density at radius 2 is 2.00 bits per heavy atom. The standard InChI is InChI=1S/C20H30O2/c1-12(2)14-5-7-16-15(11-14)6-8-17-18(16)13(3)9-10-20(17,4)19(21)22/h11-13,17-18H,5-10H2,1-4H3,(H,21,22)/t13-,17?,18?,20-/m1/s1. The molecule has 0 heterocycles. The number of aliphatic carboxylic acids is 1. The zero-order chi connectivity index (χ0) is 16.1. The van der Waals surface area contributed by atoms with Crippen molar-refractivity contribution < 1.29 is 9.90 Å². The Balaban J connectivity index is 1.99. The molecule has 22 heavy (non-hydrogen) atoms. The van der Waals surface area contributed by atoms with E-state index in [-0.39, 0.29) is 0 Å². The fourth-order valence-electron chi connectivity index (χ4n) is 5.24. The Hall–Kier alpha value is -1.05. The minimum atomic E-state index is -0.576. The monoisotopic (exact) mass is 302 g/mol. The molecule has 0 saturated heterocycles. The number of fused-ring (bicyclic) bond motifs is 2. The number of carboxylic acid groups (broad SMARTS) is 1. The first-order chi connectivity index (χ1) is 10.3. The van der Waals surface area contributed by atoms with Crippen LogP contribution >= 0.6 is 0 Å². The molecule has 0 aromatic heterocycles. The highest BCUT2D eigenvalue weighted by atomic mass is 16.4. The zero-order valence-corrected chi connectivity index (χ0v) is 14.5. The predicted molar refractivity (Wildman–Crippen MR) is 89.5 cm³/mol. The van der Waals surface area contributed by atoms with E-state index in [4.69, 9.17) is 0 Å². The van der Waals surface area contributed by atoms with E-state index in [1.807, 2.05) is 6.92 Å². The van der Waals surface area contributed by atoms with Gasteiger partial charge in [0.15, 0.2) is 0 Å². The number of hydrogen-bond acceptors (Lipinski definition) is 1. The molecule has 3 aliphatic carbocycles. The van der Waals surface area contributed by atoms with Crippen molar-refractivity contribution in [1.29, 1.82) is 0 Å². The second kappa shape index (κ2) is 5.54. The molecule has 4 atom stereocenters. The van der Waals surface area contributed by atoms with Crippen molar-refractivity contribution in [3.05, 3.63) is 22.8 Å². The third-order valence-corrected chi connectivity index (χ3v) is 6.80. The first kappa shape index (κ1) is 15.8. The third-order valence-electron chi connectivity index (χ3n) is 6.80. The Bertz CT molecular complexity index is 540. The Labute approximate surface area is 134 Å². The Morgan fingerprint density at radius 3 is 2.64 bits per heavy atom. The molecule has 0 aromatic carbocycles. The lowest BCUT2D eigenvalue weighted by molar-refractivity contribution is -0.157. The third kappa shape index (κ3) is 2.35. The maximum Gasteiger partial charge on any atom is 0.309 e. The minimum absolute atomic E-state index is 0.335. The van der Waals surface area contributed by atoms with Crippen molar-refractivity contribution in [3.63, 3.8) is 0 Å². The van der Waals surface area contributed by atoms with Gasteiger partial charge < -0.3 is 5.11 Å². The topological polar surface area (TPSA) is 37.3 Å². The molecule has 0 aromatic rings. The number of hydrogen-bond donors (Lipinski definition) is 1. The highest BCUT2D eigenvalue weighted by molar-refractivity contribution is 5.75. The first-order valence-electron chi connectivity index (χ1n) is 9.00. The molecule has 0 spiro atoms. The molecule has 2 heteroatoms. The average molecular weight is 302 g/mol. The summed E-state index contributed by atoms with van der Waals surface area (Å²) < 4.78 is 0. The zero-order valence-electron chi connectivity index (χ0n) is 14.5. The molecule has 1 saturated carbocycles. The highest BCUT2D eigenvalue weighted by Crippen LogP contribution is 2.56. The van der Waals surface area contributed by atoms with E-state index in [2.05, 4.69) is 26.8 Å². The van der Waals surface area contributed by atoms with Crippen LogP contribution in [0.25, 0.3) is 0 Å². The van der Waals surface area contributed by atoms with Gasteiger partial charge in [0.1, 0.15) is 0 Å². The van der Waals surface area contributed by atoms with E-state index in [1.165, 1.54) is 12.8 Å². The Morgan fingerprint density at radius 1 is 1.27 bits per heavy atom. The second-order valence-corrected chi connectivity index (χ2v) is 8.33. The van der Waals surface area contributed by atoms with Crippen molar-refractivity contribution in [2.24, 2.45) is 29.1 Å². The summed E-state index contributed by atoms with van der Waals surface area (Å²) in [4.78, 5) is 11.9. The lowest BCUT2D eigenvalue weighted by Crippen LogP contribution is -2.48. The van der Waals surface area contributed by atoms with E-state index in [9.17, 15) is 9.90 Å². The molecule has 2 unspecified atom stereocenters. The average Bonchev–Trinajstić information content (AvgIpc) is 2.49. The summed E-state index contributed by atoms with van der Waals surface area (Å²) in [6, 6.07) is 0. The first-order valence-corrected chi connectivity index (χ1v) is 9.00. The minimum Gasteiger partial charge on any atom is -0.481 e. The van der Waals surface area contributed by atoms with Crippen LogP contribution in [-0.2, 0) is 4.79 Å². The van der Waals surface area contributed by atoms with Crippen molar-refractivity contribution >= 4 is 5.97 Å². The van der Waals surface area contributed by atoms with E-state index >= 15 is 0 Å². The molecule has 0 aliphatic heterocycles. The summed E-state index contributed by atoms with van der Waals surface area (Å²) >= 11 is 0. The van der Waals surface area contributed by atoms with Gasteiger partial charge in [0.05, 0.1) is 5.41 Å². The number of carboxylic acids is 1. The van der Waals surface area contributed by atoms with Crippen LogP contribution in [0.2, 0.25) is 0 Å². The summed E-state index contributed by atoms with van der Waals surface area (Å²) in [5.41, 5.74) is 4.23. The largest absolute Gasteiger partial charge is 0.481 e. The maximum absolute atomic E-state index is 11.9. The fraction of sp³-hybridized carbons (Fsp3) is 0.750. The number of allylic oxidation sites excluding steroid dienone is 4. The van der Waals surface area contributed by atoms with Gasteiger partial charge in [-0.1, -0.05) is 38.0 Å². The van der Waals surface area contributed by atoms with Gasteiger partial charge in [-0.3, -0.25) is 4.79 Å². The summed E-state index contributed by atoms with van der Waals surface area (Å²) in [5, 5.41) is 9.81. The van der Waals surface area contributed by atoms with Crippen LogP contribution in [0.5, 0.6) is 0 Å². The molecule has 3 aliphatic rings. The quantitative estimate of drug-likeness (QED) is 0.760. The van der Waals surface area contributed by atoms with Crippen molar-refractivity contribution in [1.82, 2.24) is 0 Å². The summed E-state index contributed by atoms with van der Waals surface area (Å²) in [7, 11) is 0. The highest BCUT2D eigenvalue weighted by Gasteiger charge is 2.52. The van der Waals surface area contributed by atoms with Gasteiger partial charge in [-0.2, -0.15) is 0 Å². The molecule has 2 nitrogen and oxygen atoms in total. The molecule has 1 fully saturated rings. The lowest BCUT2D eigenvalue weighted by atomic mass is 9.53. The van der Waals surface area contributed by atoms with Crippen molar-refractivity contribution in [3.8, 4) is 0 Å². The lowest BCUT2D eigenvalue weighted by Gasteiger charge is -2.51. The predicted octanol–water partition coefficient (Wildman–Crippen LogP) is 5.21. The van der Waals surface area contributed by atoms with Gasteiger partial charge in [0.25, 0.3) is 0 Å². The van der Waals surface area contributed by atoms with Gasteiger partial charge in [0, 0.05) is 0 Å². The van der Waals surface area contributed by atoms with Crippen LogP contribution in [0, 0.1) is 29.1 Å². The van der Waals surface area contributed by atoms with Crippen LogP contribution in [0.15, 0.2) is 22.8 Å². The van der Waals surface area contributed by atoms with E-state index in [0.29, 0.717) is 23.7 Å². The van der Waals surface area contributed by atoms with Gasteiger partial charge >= 0.3 is 5.97 Å². The molecule has 3 rings (SSSR count). The van der Waals surface area contributed by atoms with Crippen LogP contribution < -0.4 is 0 Å².